The summed E-state index contributed by atoms with van der Waals surface area (Å²) in [5.74, 6) is 4.31. The lowest BCUT2D eigenvalue weighted by Crippen LogP contribution is -2.51. The van der Waals surface area contributed by atoms with Crippen LogP contribution in [-0.4, -0.2) is 41.1 Å². The molecular formula is C31H39N3O4. The Balaban J connectivity index is 1.12. The maximum absolute atomic E-state index is 12.0. The second-order valence-corrected chi connectivity index (χ2v) is 12.5. The van der Waals surface area contributed by atoms with Crippen molar-refractivity contribution < 1.29 is 19.0 Å². The number of nitrogens with zero attached hydrogens (tertiary/aromatic N) is 2. The molecule has 1 aromatic heterocycles. The van der Waals surface area contributed by atoms with Gasteiger partial charge in [-0.15, -0.1) is 0 Å². The third-order valence-electron chi connectivity index (χ3n) is 9.83. The molecular weight excluding hydrogens is 478 g/mol. The van der Waals surface area contributed by atoms with Gasteiger partial charge in [0.05, 0.1) is 37.1 Å². The van der Waals surface area contributed by atoms with Crippen LogP contribution in [0.15, 0.2) is 29.3 Å². The molecule has 0 saturated heterocycles. The van der Waals surface area contributed by atoms with E-state index in [1.165, 1.54) is 77.7 Å². The average molecular weight is 518 g/mol. The van der Waals surface area contributed by atoms with Crippen molar-refractivity contribution in [3.8, 4) is 0 Å². The van der Waals surface area contributed by atoms with E-state index in [1.54, 1.807) is 6.07 Å². The summed E-state index contributed by atoms with van der Waals surface area (Å²) in [4.78, 5) is 25.6. The summed E-state index contributed by atoms with van der Waals surface area (Å²) in [5, 5.41) is 0. The van der Waals surface area contributed by atoms with E-state index in [0.717, 1.165) is 40.5 Å². The highest BCUT2D eigenvalue weighted by Gasteiger charge is 2.51. The van der Waals surface area contributed by atoms with Gasteiger partial charge >= 0.3 is 5.97 Å². The number of hydrogen-bond acceptors (Lipinski definition) is 6. The first kappa shape index (κ1) is 24.4. The SMILES string of the molecule is COC(=O)c1cccc(C2CN=C(c3nc(C4CCCCC4)[nH]c3COC34CC5CC(CC(C5)C3)C4)O2)c1. The van der Waals surface area contributed by atoms with E-state index in [2.05, 4.69) is 4.98 Å². The zero-order valence-electron chi connectivity index (χ0n) is 22.4. The molecule has 1 aliphatic heterocycles. The minimum Gasteiger partial charge on any atom is -0.466 e. The van der Waals surface area contributed by atoms with E-state index in [0.29, 0.717) is 30.5 Å². The Morgan fingerprint density at radius 1 is 1.08 bits per heavy atom. The van der Waals surface area contributed by atoms with Gasteiger partial charge in [0.1, 0.15) is 17.6 Å². The van der Waals surface area contributed by atoms with Crippen LogP contribution in [0, 0.1) is 17.8 Å². The first-order chi connectivity index (χ1) is 18.6. The highest BCUT2D eigenvalue weighted by atomic mass is 16.5. The lowest BCUT2D eigenvalue weighted by Gasteiger charge is -2.56. The minimum absolute atomic E-state index is 0.0390. The molecule has 0 amide bonds. The number of ether oxygens (including phenoxy) is 3. The van der Waals surface area contributed by atoms with Gasteiger partial charge in [-0.05, 0) is 86.8 Å². The molecule has 7 heteroatoms. The molecule has 5 fully saturated rings. The van der Waals surface area contributed by atoms with E-state index in [9.17, 15) is 4.79 Å². The highest BCUT2D eigenvalue weighted by molar-refractivity contribution is 5.94. The number of hydrogen-bond donors (Lipinski definition) is 1. The van der Waals surface area contributed by atoms with Crippen LogP contribution in [0.25, 0.3) is 0 Å². The summed E-state index contributed by atoms with van der Waals surface area (Å²) in [5.41, 5.74) is 3.29. The van der Waals surface area contributed by atoms with Crippen LogP contribution in [0.4, 0.5) is 0 Å². The van der Waals surface area contributed by atoms with Gasteiger partial charge in [0.2, 0.25) is 5.90 Å². The molecule has 1 unspecified atom stereocenters. The fourth-order valence-corrected chi connectivity index (χ4v) is 8.38. The molecule has 2 aromatic rings. The number of methoxy groups -OCH3 is 1. The normalized spacial score (nSPS) is 32.3. The lowest BCUT2D eigenvalue weighted by atomic mass is 9.54. The summed E-state index contributed by atoms with van der Waals surface area (Å²) in [7, 11) is 1.40. The Morgan fingerprint density at radius 3 is 2.53 bits per heavy atom. The van der Waals surface area contributed by atoms with E-state index < -0.39 is 0 Å². The Labute approximate surface area is 224 Å². The van der Waals surface area contributed by atoms with Crippen molar-refractivity contribution in [2.75, 3.05) is 13.7 Å². The number of carbonyl (C=O) groups is 1. The Hall–Kier alpha value is -2.67. The number of benzene rings is 1. The first-order valence-electron chi connectivity index (χ1n) is 14.7. The third kappa shape index (κ3) is 4.57. The van der Waals surface area contributed by atoms with Crippen LogP contribution in [-0.2, 0) is 20.8 Å². The maximum Gasteiger partial charge on any atom is 0.337 e. The van der Waals surface area contributed by atoms with Gasteiger partial charge in [-0.1, -0.05) is 31.4 Å². The number of aromatic amines is 1. The number of aromatic nitrogens is 2. The predicted molar refractivity (Wildman–Crippen MR) is 143 cm³/mol. The molecule has 0 radical (unpaired) electrons. The predicted octanol–water partition coefficient (Wildman–Crippen LogP) is 6.25. The smallest absolute Gasteiger partial charge is 0.337 e. The van der Waals surface area contributed by atoms with Crippen molar-refractivity contribution in [1.29, 1.82) is 0 Å². The Kier molecular flexibility index (Phi) is 6.30. The van der Waals surface area contributed by atoms with Gasteiger partial charge in [-0.3, -0.25) is 0 Å². The summed E-state index contributed by atoms with van der Waals surface area (Å²) >= 11 is 0. The quantitative estimate of drug-likeness (QED) is 0.439. The standard InChI is InChI=1S/C31H39N3O4/c1-36-30(35)24-9-5-8-23(13-24)26-17-32-29(38-26)27-25(33-28(34-27)22-6-3-2-4-7-22)18-37-31-14-19-10-20(15-31)12-21(11-19)16-31/h5,8-9,13,19-22,26H,2-4,6-7,10-12,14-18H2,1H3,(H,33,34). The number of aliphatic imine (C=N–C) groups is 1. The van der Waals surface area contributed by atoms with E-state index in [1.807, 2.05) is 18.2 Å². The second-order valence-electron chi connectivity index (χ2n) is 12.5. The lowest BCUT2D eigenvalue weighted by molar-refractivity contribution is -0.169. The van der Waals surface area contributed by atoms with Crippen LogP contribution in [0.5, 0.6) is 0 Å². The van der Waals surface area contributed by atoms with E-state index >= 15 is 0 Å². The maximum atomic E-state index is 12.0. The molecule has 5 aliphatic carbocycles. The molecule has 2 heterocycles. The largest absolute Gasteiger partial charge is 0.466 e. The summed E-state index contributed by atoms with van der Waals surface area (Å²) in [6.07, 6.45) is 13.8. The number of carbonyl (C=O) groups excluding carboxylic acids is 1. The third-order valence-corrected chi connectivity index (χ3v) is 9.83. The average Bonchev–Trinajstić information content (AvgIpc) is 3.59. The molecule has 5 saturated carbocycles. The first-order valence-corrected chi connectivity index (χ1v) is 14.7. The second kappa shape index (κ2) is 9.82. The van der Waals surface area contributed by atoms with Gasteiger partial charge in [0.25, 0.3) is 0 Å². The number of rotatable bonds is 7. The minimum atomic E-state index is -0.348. The van der Waals surface area contributed by atoms with Crippen molar-refractivity contribution in [3.05, 3.63) is 52.6 Å². The number of nitrogens with one attached hydrogen (secondary N) is 1. The van der Waals surface area contributed by atoms with Crippen LogP contribution in [0.2, 0.25) is 0 Å². The Morgan fingerprint density at radius 2 is 1.82 bits per heavy atom. The molecule has 1 aromatic carbocycles. The monoisotopic (exact) mass is 517 g/mol. The number of H-pyrrole nitrogens is 1. The van der Waals surface area contributed by atoms with Crippen molar-refractivity contribution in [1.82, 2.24) is 9.97 Å². The Bertz CT molecular complexity index is 1190. The zero-order valence-corrected chi connectivity index (χ0v) is 22.4. The van der Waals surface area contributed by atoms with Gasteiger partial charge in [-0.2, -0.15) is 0 Å². The summed E-state index contributed by atoms with van der Waals surface area (Å²) < 4.78 is 18.2. The van der Waals surface area contributed by atoms with E-state index in [4.69, 9.17) is 24.2 Å². The molecule has 8 rings (SSSR count). The molecule has 0 spiro atoms. The van der Waals surface area contributed by atoms with Gasteiger partial charge in [-0.25, -0.2) is 14.8 Å². The summed E-state index contributed by atoms with van der Waals surface area (Å²) in [6, 6.07) is 7.44. The fourth-order valence-electron chi connectivity index (χ4n) is 8.38. The van der Waals surface area contributed by atoms with Crippen molar-refractivity contribution in [3.63, 3.8) is 0 Å². The van der Waals surface area contributed by atoms with Crippen molar-refractivity contribution in [2.45, 2.75) is 94.9 Å². The molecule has 6 aliphatic rings. The van der Waals surface area contributed by atoms with Gasteiger partial charge in [0.15, 0.2) is 0 Å². The molecule has 7 nitrogen and oxygen atoms in total. The van der Waals surface area contributed by atoms with Crippen LogP contribution < -0.4 is 0 Å². The van der Waals surface area contributed by atoms with Crippen LogP contribution in [0.3, 0.4) is 0 Å². The zero-order chi connectivity index (χ0) is 25.7. The highest BCUT2D eigenvalue weighted by Crippen LogP contribution is 2.57. The van der Waals surface area contributed by atoms with Gasteiger partial charge in [0, 0.05) is 5.92 Å². The molecule has 38 heavy (non-hydrogen) atoms. The van der Waals surface area contributed by atoms with Gasteiger partial charge < -0.3 is 19.2 Å². The summed E-state index contributed by atoms with van der Waals surface area (Å²) in [6.45, 7) is 1.03. The molecule has 202 valence electrons. The molecule has 1 N–H and O–H groups in total. The number of imidazole rings is 1. The van der Waals surface area contributed by atoms with Crippen LogP contribution in [0.1, 0.15) is 116 Å². The molecule has 4 bridgehead atoms. The van der Waals surface area contributed by atoms with Crippen molar-refractivity contribution >= 4 is 11.9 Å². The van der Waals surface area contributed by atoms with Crippen LogP contribution >= 0.6 is 0 Å². The number of esters is 1. The van der Waals surface area contributed by atoms with E-state index in [-0.39, 0.29) is 17.7 Å². The van der Waals surface area contributed by atoms with Crippen molar-refractivity contribution in [2.24, 2.45) is 22.7 Å². The topological polar surface area (TPSA) is 85.8 Å². The fraction of sp³-hybridized carbons (Fsp3) is 0.645. The molecule has 1 atom stereocenters.